The number of halogens is 1. The lowest BCUT2D eigenvalue weighted by molar-refractivity contribution is 0.0984. The lowest BCUT2D eigenvalue weighted by Crippen LogP contribution is -2.28. The zero-order valence-corrected chi connectivity index (χ0v) is 14.6. The van der Waals surface area contributed by atoms with E-state index in [9.17, 15) is 4.79 Å². The molecule has 0 saturated heterocycles. The number of aryl methyl sites for hydroxylation is 2. The molecule has 2 rings (SSSR count). The van der Waals surface area contributed by atoms with E-state index in [4.69, 9.17) is 0 Å². The van der Waals surface area contributed by atoms with Crippen molar-refractivity contribution in [1.29, 1.82) is 0 Å². The molecule has 1 aromatic heterocycles. The van der Waals surface area contributed by atoms with Crippen LogP contribution in [0.3, 0.4) is 0 Å². The first-order valence-corrected chi connectivity index (χ1v) is 7.68. The molecule has 5 heteroatoms. The summed E-state index contributed by atoms with van der Waals surface area (Å²) in [6, 6.07) is 7.75. The molecule has 1 aromatic carbocycles. The van der Waals surface area contributed by atoms with Gasteiger partial charge in [-0.15, -0.1) is 0 Å². The van der Waals surface area contributed by atoms with Gasteiger partial charge in [-0.05, 0) is 36.6 Å². The number of hydrogen-bond donors (Lipinski definition) is 0. The molecule has 0 aliphatic carbocycles. The van der Waals surface area contributed by atoms with Crippen molar-refractivity contribution in [2.45, 2.75) is 26.7 Å². The molecule has 1 heterocycles. The summed E-state index contributed by atoms with van der Waals surface area (Å²) in [5.41, 5.74) is 3.52. The van der Waals surface area contributed by atoms with Crippen molar-refractivity contribution in [2.24, 2.45) is 7.05 Å². The van der Waals surface area contributed by atoms with Gasteiger partial charge in [-0.1, -0.05) is 35.8 Å². The van der Waals surface area contributed by atoms with Gasteiger partial charge in [0.15, 0.2) is 0 Å². The molecule has 112 valence electrons. The number of benzene rings is 1. The van der Waals surface area contributed by atoms with E-state index < -0.39 is 0 Å². The summed E-state index contributed by atoms with van der Waals surface area (Å²) in [4.78, 5) is 14.3. The number of hydrogen-bond acceptors (Lipinski definition) is 2. The summed E-state index contributed by atoms with van der Waals surface area (Å²) in [5, 5.41) is 4.40. The number of carbonyl (C=O) groups is 1. The number of anilines is 1. The van der Waals surface area contributed by atoms with E-state index >= 15 is 0 Å². The van der Waals surface area contributed by atoms with Gasteiger partial charge in [0.25, 0.3) is 5.91 Å². The normalized spacial score (nSPS) is 11.0. The van der Waals surface area contributed by atoms with Crippen LogP contribution in [-0.2, 0) is 7.05 Å². The minimum Gasteiger partial charge on any atom is -0.310 e. The Morgan fingerprint density at radius 1 is 1.33 bits per heavy atom. The number of amides is 1. The maximum Gasteiger partial charge on any atom is 0.276 e. The topological polar surface area (TPSA) is 38.1 Å². The maximum atomic E-state index is 12.6. The van der Waals surface area contributed by atoms with Gasteiger partial charge in [-0.3, -0.25) is 9.48 Å². The van der Waals surface area contributed by atoms with Gasteiger partial charge in [0.2, 0.25) is 0 Å². The number of nitrogens with zero attached hydrogens (tertiary/aromatic N) is 3. The lowest BCUT2D eigenvalue weighted by atomic mass is 10.1. The van der Waals surface area contributed by atoms with Gasteiger partial charge >= 0.3 is 0 Å². The second kappa shape index (κ2) is 6.02. The zero-order valence-electron chi connectivity index (χ0n) is 13.0. The van der Waals surface area contributed by atoms with E-state index in [1.54, 1.807) is 23.7 Å². The van der Waals surface area contributed by atoms with E-state index in [1.807, 2.05) is 31.2 Å². The molecular weight excluding hydrogens is 330 g/mol. The Kier molecular flexibility index (Phi) is 4.52. The first kappa shape index (κ1) is 15.8. The molecule has 2 aromatic rings. The van der Waals surface area contributed by atoms with Crippen molar-refractivity contribution >= 4 is 27.5 Å². The molecule has 0 N–H and O–H groups in total. The molecule has 0 unspecified atom stereocenters. The molecule has 0 spiro atoms. The highest BCUT2D eigenvalue weighted by Gasteiger charge is 2.19. The fraction of sp³-hybridized carbons (Fsp3) is 0.375. The van der Waals surface area contributed by atoms with Crippen LogP contribution in [0.5, 0.6) is 0 Å². The van der Waals surface area contributed by atoms with Crippen LogP contribution < -0.4 is 4.90 Å². The number of rotatable bonds is 3. The maximum absolute atomic E-state index is 12.6. The Hall–Kier alpha value is -1.62. The monoisotopic (exact) mass is 349 g/mol. The van der Waals surface area contributed by atoms with Gasteiger partial charge in [0, 0.05) is 24.3 Å². The third-order valence-corrected chi connectivity index (χ3v) is 4.41. The van der Waals surface area contributed by atoms with Crippen molar-refractivity contribution in [1.82, 2.24) is 9.78 Å². The lowest BCUT2D eigenvalue weighted by Gasteiger charge is -2.18. The highest BCUT2D eigenvalue weighted by molar-refractivity contribution is 9.10. The molecule has 0 radical (unpaired) electrons. The predicted octanol–water partition coefficient (Wildman–Crippen LogP) is 3.89. The van der Waals surface area contributed by atoms with Crippen LogP contribution in [0.25, 0.3) is 0 Å². The SMILES string of the molecule is Cc1ccc(N(C)C(=O)c2cc(C(C)C)nn2C)cc1Br. The summed E-state index contributed by atoms with van der Waals surface area (Å²) < 4.78 is 2.64. The van der Waals surface area contributed by atoms with Crippen LogP contribution >= 0.6 is 15.9 Å². The minimum atomic E-state index is -0.0624. The summed E-state index contributed by atoms with van der Waals surface area (Å²) in [6.07, 6.45) is 0. The third-order valence-electron chi connectivity index (χ3n) is 3.56. The van der Waals surface area contributed by atoms with Gasteiger partial charge < -0.3 is 4.90 Å². The van der Waals surface area contributed by atoms with Crippen molar-refractivity contribution < 1.29 is 4.79 Å². The molecule has 0 atom stereocenters. The van der Waals surface area contributed by atoms with E-state index in [2.05, 4.69) is 34.9 Å². The molecule has 4 nitrogen and oxygen atoms in total. The van der Waals surface area contributed by atoms with E-state index in [1.165, 1.54) is 0 Å². The van der Waals surface area contributed by atoms with Crippen molar-refractivity contribution in [2.75, 3.05) is 11.9 Å². The second-order valence-corrected chi connectivity index (χ2v) is 6.38. The molecule has 21 heavy (non-hydrogen) atoms. The second-order valence-electron chi connectivity index (χ2n) is 5.53. The molecule has 0 aliphatic heterocycles. The Morgan fingerprint density at radius 2 is 2.00 bits per heavy atom. The summed E-state index contributed by atoms with van der Waals surface area (Å²) >= 11 is 3.50. The van der Waals surface area contributed by atoms with Gasteiger partial charge in [0.1, 0.15) is 5.69 Å². The van der Waals surface area contributed by atoms with E-state index in [0.29, 0.717) is 11.6 Å². The number of carbonyl (C=O) groups excluding carboxylic acids is 1. The highest BCUT2D eigenvalue weighted by atomic mass is 79.9. The van der Waals surface area contributed by atoms with Gasteiger partial charge in [0.05, 0.1) is 5.69 Å². The summed E-state index contributed by atoms with van der Waals surface area (Å²) in [5.74, 6) is 0.240. The third kappa shape index (κ3) is 3.18. The first-order chi connectivity index (χ1) is 9.81. The van der Waals surface area contributed by atoms with Crippen LogP contribution in [0, 0.1) is 6.92 Å². The van der Waals surface area contributed by atoms with E-state index in [-0.39, 0.29) is 5.91 Å². The van der Waals surface area contributed by atoms with E-state index in [0.717, 1.165) is 21.4 Å². The number of aromatic nitrogens is 2. The largest absolute Gasteiger partial charge is 0.310 e. The van der Waals surface area contributed by atoms with Crippen LogP contribution in [-0.4, -0.2) is 22.7 Å². The molecule has 0 fully saturated rings. The Balaban J connectivity index is 2.32. The fourth-order valence-corrected chi connectivity index (χ4v) is 2.42. The van der Waals surface area contributed by atoms with Crippen molar-refractivity contribution in [3.63, 3.8) is 0 Å². The Morgan fingerprint density at radius 3 is 2.52 bits per heavy atom. The zero-order chi connectivity index (χ0) is 15.7. The summed E-state index contributed by atoms with van der Waals surface area (Å²) in [6.45, 7) is 6.15. The molecule has 0 aliphatic rings. The smallest absolute Gasteiger partial charge is 0.276 e. The Bertz CT molecular complexity index is 676. The predicted molar refractivity (Wildman–Crippen MR) is 88.9 cm³/mol. The average molecular weight is 350 g/mol. The first-order valence-electron chi connectivity index (χ1n) is 6.89. The highest BCUT2D eigenvalue weighted by Crippen LogP contribution is 2.24. The fourth-order valence-electron chi connectivity index (χ4n) is 2.05. The summed E-state index contributed by atoms with van der Waals surface area (Å²) in [7, 11) is 3.58. The van der Waals surface area contributed by atoms with Crippen molar-refractivity contribution in [3.8, 4) is 0 Å². The minimum absolute atomic E-state index is 0.0624. The standard InChI is InChI=1S/C16H20BrN3O/c1-10(2)14-9-15(20(5)18-14)16(21)19(4)12-7-6-11(3)13(17)8-12/h6-10H,1-5H3. The molecular formula is C16H20BrN3O. The van der Waals surface area contributed by atoms with Crippen LogP contribution in [0.15, 0.2) is 28.7 Å². The van der Waals surface area contributed by atoms with Crippen molar-refractivity contribution in [3.05, 3.63) is 45.7 Å². The quantitative estimate of drug-likeness (QED) is 0.842. The molecule has 1 amide bonds. The van der Waals surface area contributed by atoms with Gasteiger partial charge in [-0.25, -0.2) is 0 Å². The average Bonchev–Trinajstić information content (AvgIpc) is 2.82. The van der Waals surface area contributed by atoms with Crippen LogP contribution in [0.1, 0.15) is 41.5 Å². The van der Waals surface area contributed by atoms with Gasteiger partial charge in [-0.2, -0.15) is 5.10 Å². The Labute approximate surface area is 133 Å². The van der Waals surface area contributed by atoms with Crippen LogP contribution in [0.2, 0.25) is 0 Å². The molecule has 0 saturated carbocycles. The molecule has 0 bridgehead atoms. The van der Waals surface area contributed by atoms with Crippen LogP contribution in [0.4, 0.5) is 5.69 Å².